The maximum atomic E-state index is 13.4. The molecule has 94 valence electrons. The Hall–Kier alpha value is -1.46. The molecule has 0 aliphatic carbocycles. The number of anilines is 1. The van der Waals surface area contributed by atoms with E-state index in [4.69, 9.17) is 11.6 Å². The van der Waals surface area contributed by atoms with Crippen molar-refractivity contribution in [3.8, 4) is 0 Å². The van der Waals surface area contributed by atoms with Crippen molar-refractivity contribution in [1.29, 1.82) is 0 Å². The van der Waals surface area contributed by atoms with E-state index in [0.29, 0.717) is 10.7 Å². The van der Waals surface area contributed by atoms with Crippen LogP contribution in [0.5, 0.6) is 0 Å². The molecule has 0 radical (unpaired) electrons. The number of aromatic nitrogens is 1. The van der Waals surface area contributed by atoms with Crippen LogP contribution in [0.2, 0.25) is 5.02 Å². The number of aryl methyl sites for hydroxylation is 1. The molecule has 0 saturated carbocycles. The highest BCUT2D eigenvalue weighted by molar-refractivity contribution is 7.09. The van der Waals surface area contributed by atoms with Gasteiger partial charge in [-0.05, 0) is 25.1 Å². The van der Waals surface area contributed by atoms with E-state index in [2.05, 4.69) is 10.3 Å². The highest BCUT2D eigenvalue weighted by atomic mass is 35.5. The third-order valence-corrected chi connectivity index (χ3v) is 3.27. The van der Waals surface area contributed by atoms with Crippen molar-refractivity contribution in [1.82, 2.24) is 4.98 Å². The normalized spacial score (nSPS) is 10.4. The largest absolute Gasteiger partial charge is 0.323 e. The van der Waals surface area contributed by atoms with Crippen LogP contribution in [0, 0.1) is 12.7 Å². The molecule has 3 nitrogen and oxygen atoms in total. The fraction of sp³-hybridized carbons (Fsp3) is 0.167. The van der Waals surface area contributed by atoms with Crippen LogP contribution in [0.1, 0.15) is 10.7 Å². The molecule has 0 atom stereocenters. The molecule has 0 unspecified atom stereocenters. The molecule has 0 spiro atoms. The quantitative estimate of drug-likeness (QED) is 0.938. The van der Waals surface area contributed by atoms with Gasteiger partial charge in [-0.25, -0.2) is 9.37 Å². The van der Waals surface area contributed by atoms with Gasteiger partial charge < -0.3 is 5.32 Å². The van der Waals surface area contributed by atoms with Crippen molar-refractivity contribution < 1.29 is 9.18 Å². The fourth-order valence-corrected chi connectivity index (χ4v) is 2.23. The first kappa shape index (κ1) is 13.0. The Morgan fingerprint density at radius 1 is 1.56 bits per heavy atom. The van der Waals surface area contributed by atoms with Gasteiger partial charge in [-0.1, -0.05) is 11.6 Å². The molecule has 1 N–H and O–H groups in total. The Labute approximate surface area is 113 Å². The van der Waals surface area contributed by atoms with E-state index < -0.39 is 5.82 Å². The minimum absolute atomic E-state index is 0.0828. The summed E-state index contributed by atoms with van der Waals surface area (Å²) in [6.07, 6.45) is 0.121. The molecule has 0 bridgehead atoms. The Kier molecular flexibility index (Phi) is 3.93. The van der Waals surface area contributed by atoms with Crippen LogP contribution in [0.25, 0.3) is 0 Å². The summed E-state index contributed by atoms with van der Waals surface area (Å²) in [7, 11) is 0. The summed E-state index contributed by atoms with van der Waals surface area (Å²) >= 11 is 7.21. The molecule has 6 heteroatoms. The van der Waals surface area contributed by atoms with Gasteiger partial charge in [0.25, 0.3) is 0 Å². The van der Waals surface area contributed by atoms with Crippen molar-refractivity contribution in [2.45, 2.75) is 13.3 Å². The van der Waals surface area contributed by atoms with Gasteiger partial charge in [-0.2, -0.15) is 0 Å². The predicted molar refractivity (Wildman–Crippen MR) is 70.6 cm³/mol. The van der Waals surface area contributed by atoms with Gasteiger partial charge in [0.15, 0.2) is 0 Å². The zero-order valence-electron chi connectivity index (χ0n) is 9.54. The first-order chi connectivity index (χ1) is 8.54. The van der Waals surface area contributed by atoms with Crippen molar-refractivity contribution in [2.75, 3.05) is 5.32 Å². The number of rotatable bonds is 3. The van der Waals surface area contributed by atoms with Crippen LogP contribution in [0.15, 0.2) is 23.6 Å². The molecule has 2 rings (SSSR count). The van der Waals surface area contributed by atoms with Crippen LogP contribution in [0.4, 0.5) is 10.1 Å². The van der Waals surface area contributed by atoms with Crippen molar-refractivity contribution in [3.63, 3.8) is 0 Å². The second kappa shape index (κ2) is 5.46. The second-order valence-electron chi connectivity index (χ2n) is 3.71. The fourth-order valence-electron chi connectivity index (χ4n) is 1.44. The SMILES string of the molecule is Cc1nc(CC(=O)Nc2cc(Cl)ccc2F)cs1. The summed E-state index contributed by atoms with van der Waals surface area (Å²) in [5.74, 6) is -0.830. The Balaban J connectivity index is 2.05. The van der Waals surface area contributed by atoms with Gasteiger partial charge in [0.1, 0.15) is 5.82 Å². The molecule has 1 aromatic carbocycles. The molecule has 0 aliphatic heterocycles. The number of hydrogen-bond donors (Lipinski definition) is 1. The van der Waals surface area contributed by atoms with Crippen LogP contribution >= 0.6 is 22.9 Å². The van der Waals surface area contributed by atoms with Gasteiger partial charge in [0, 0.05) is 10.4 Å². The maximum absolute atomic E-state index is 13.4. The molecule has 1 amide bonds. The Bertz CT molecular complexity index is 585. The first-order valence-electron chi connectivity index (χ1n) is 5.20. The van der Waals surface area contributed by atoms with Crippen molar-refractivity contribution in [2.24, 2.45) is 0 Å². The number of benzene rings is 1. The number of nitrogens with zero attached hydrogens (tertiary/aromatic N) is 1. The first-order valence-corrected chi connectivity index (χ1v) is 6.46. The van der Waals surface area contributed by atoms with Gasteiger partial charge in [-0.3, -0.25) is 4.79 Å². The third-order valence-electron chi connectivity index (χ3n) is 2.21. The number of nitrogens with one attached hydrogen (secondary N) is 1. The van der Waals surface area contributed by atoms with Crippen LogP contribution in [-0.2, 0) is 11.2 Å². The number of carbonyl (C=O) groups excluding carboxylic acids is 1. The maximum Gasteiger partial charge on any atom is 0.230 e. The second-order valence-corrected chi connectivity index (χ2v) is 5.21. The number of thiazole rings is 1. The minimum atomic E-state index is -0.512. The average molecular weight is 285 g/mol. The molecule has 2 aromatic rings. The van der Waals surface area contributed by atoms with E-state index >= 15 is 0 Å². The van der Waals surface area contributed by atoms with Crippen molar-refractivity contribution in [3.05, 3.63) is 45.1 Å². The number of amides is 1. The summed E-state index contributed by atoms with van der Waals surface area (Å²) in [5, 5.41) is 5.55. The van der Waals surface area contributed by atoms with Crippen LogP contribution in [0.3, 0.4) is 0 Å². The lowest BCUT2D eigenvalue weighted by molar-refractivity contribution is -0.115. The smallest absolute Gasteiger partial charge is 0.230 e. The summed E-state index contributed by atoms with van der Waals surface area (Å²) in [6, 6.07) is 4.02. The lowest BCUT2D eigenvalue weighted by atomic mass is 10.2. The summed E-state index contributed by atoms with van der Waals surface area (Å²) in [6.45, 7) is 1.86. The van der Waals surface area contributed by atoms with E-state index in [1.54, 1.807) is 0 Å². The average Bonchev–Trinajstić information content (AvgIpc) is 2.69. The molecule has 18 heavy (non-hydrogen) atoms. The van der Waals surface area contributed by atoms with E-state index in [-0.39, 0.29) is 18.0 Å². The van der Waals surface area contributed by atoms with Crippen LogP contribution in [-0.4, -0.2) is 10.9 Å². The van der Waals surface area contributed by atoms with Gasteiger partial charge >= 0.3 is 0 Å². The lowest BCUT2D eigenvalue weighted by Crippen LogP contribution is -2.15. The number of carbonyl (C=O) groups is 1. The molecular weight excluding hydrogens is 275 g/mol. The number of hydrogen-bond acceptors (Lipinski definition) is 3. The summed E-state index contributed by atoms with van der Waals surface area (Å²) in [5.41, 5.74) is 0.761. The van der Waals surface area contributed by atoms with Crippen molar-refractivity contribution >= 4 is 34.5 Å². The topological polar surface area (TPSA) is 42.0 Å². The van der Waals surface area contributed by atoms with Gasteiger partial charge in [0.05, 0.1) is 22.8 Å². The lowest BCUT2D eigenvalue weighted by Gasteiger charge is -2.05. The minimum Gasteiger partial charge on any atom is -0.323 e. The Morgan fingerprint density at radius 2 is 2.33 bits per heavy atom. The molecule has 1 aromatic heterocycles. The zero-order chi connectivity index (χ0) is 13.1. The third kappa shape index (κ3) is 3.27. The monoisotopic (exact) mass is 284 g/mol. The molecular formula is C12H10ClFN2OS. The highest BCUT2D eigenvalue weighted by Crippen LogP contribution is 2.19. The summed E-state index contributed by atoms with van der Waals surface area (Å²) in [4.78, 5) is 15.9. The number of halogens is 2. The van der Waals surface area contributed by atoms with E-state index in [9.17, 15) is 9.18 Å². The zero-order valence-corrected chi connectivity index (χ0v) is 11.1. The van der Waals surface area contributed by atoms with Crippen LogP contribution < -0.4 is 5.32 Å². The molecule has 0 fully saturated rings. The molecule has 0 aliphatic rings. The molecule has 1 heterocycles. The van der Waals surface area contributed by atoms with E-state index in [1.165, 1.54) is 29.5 Å². The standard InChI is InChI=1S/C12H10ClFN2OS/c1-7-15-9(6-18-7)5-12(17)16-11-4-8(13)2-3-10(11)14/h2-4,6H,5H2,1H3,(H,16,17). The van der Waals surface area contributed by atoms with E-state index in [0.717, 1.165) is 5.01 Å². The Morgan fingerprint density at radius 3 is 3.00 bits per heavy atom. The van der Waals surface area contributed by atoms with E-state index in [1.807, 2.05) is 12.3 Å². The van der Waals surface area contributed by atoms with Gasteiger partial charge in [0.2, 0.25) is 5.91 Å². The summed E-state index contributed by atoms with van der Waals surface area (Å²) < 4.78 is 13.4. The van der Waals surface area contributed by atoms with Gasteiger partial charge in [-0.15, -0.1) is 11.3 Å². The predicted octanol–water partition coefficient (Wildman–Crippen LogP) is 3.43. The highest BCUT2D eigenvalue weighted by Gasteiger charge is 2.10. The molecule has 0 saturated heterocycles.